The maximum Gasteiger partial charge on any atom is 0.257 e. The molecule has 26 heavy (non-hydrogen) atoms. The van der Waals surface area contributed by atoms with Crippen molar-refractivity contribution in [1.29, 1.82) is 0 Å². The third-order valence-corrected chi connectivity index (χ3v) is 5.06. The molecule has 136 valence electrons. The van der Waals surface area contributed by atoms with Gasteiger partial charge in [-0.05, 0) is 25.3 Å². The lowest BCUT2D eigenvalue weighted by Crippen LogP contribution is -2.35. The van der Waals surface area contributed by atoms with Crippen molar-refractivity contribution in [2.24, 2.45) is 0 Å². The molecule has 1 amide bonds. The van der Waals surface area contributed by atoms with Crippen LogP contribution in [0.1, 0.15) is 46.9 Å². The summed E-state index contributed by atoms with van der Waals surface area (Å²) in [4.78, 5) is 29.9. The molecule has 1 aliphatic heterocycles. The number of anilines is 1. The Hall–Kier alpha value is -2.54. The van der Waals surface area contributed by atoms with Crippen LogP contribution in [-0.4, -0.2) is 56.8 Å². The van der Waals surface area contributed by atoms with E-state index in [0.717, 1.165) is 56.8 Å². The Bertz CT molecular complexity index is 774. The van der Waals surface area contributed by atoms with Crippen LogP contribution in [-0.2, 0) is 6.54 Å². The second-order valence-corrected chi connectivity index (χ2v) is 7.07. The van der Waals surface area contributed by atoms with Gasteiger partial charge in [-0.2, -0.15) is 0 Å². The van der Waals surface area contributed by atoms with Gasteiger partial charge in [0.25, 0.3) is 5.91 Å². The summed E-state index contributed by atoms with van der Waals surface area (Å²) in [7, 11) is 0. The van der Waals surface area contributed by atoms with Crippen LogP contribution in [0.25, 0.3) is 0 Å². The van der Waals surface area contributed by atoms with Gasteiger partial charge in [0.2, 0.25) is 0 Å². The third kappa shape index (κ3) is 3.83. The number of amides is 1. The van der Waals surface area contributed by atoms with Crippen LogP contribution in [0.2, 0.25) is 0 Å². The van der Waals surface area contributed by atoms with E-state index in [-0.39, 0.29) is 5.91 Å². The molecule has 4 rings (SSSR count). The topological polar surface area (TPSA) is 88.2 Å². The first kappa shape index (κ1) is 16.9. The third-order valence-electron chi connectivity index (χ3n) is 5.06. The van der Waals surface area contributed by atoms with Gasteiger partial charge in [0.15, 0.2) is 0 Å². The Morgan fingerprint density at radius 1 is 1.12 bits per heavy atom. The van der Waals surface area contributed by atoms with Crippen LogP contribution in [0, 0.1) is 0 Å². The molecule has 7 heteroatoms. The zero-order valence-corrected chi connectivity index (χ0v) is 14.8. The first-order valence-electron chi connectivity index (χ1n) is 9.23. The van der Waals surface area contributed by atoms with E-state index < -0.39 is 0 Å². The second-order valence-electron chi connectivity index (χ2n) is 7.07. The van der Waals surface area contributed by atoms with E-state index in [4.69, 9.17) is 5.73 Å². The highest BCUT2D eigenvalue weighted by molar-refractivity contribution is 5.93. The van der Waals surface area contributed by atoms with Crippen molar-refractivity contribution in [3.05, 3.63) is 47.7 Å². The SMILES string of the molecule is Nc1ncccc1CN1CCCN(C(=O)c2cnc(C3CC3)nc2)CC1. The van der Waals surface area contributed by atoms with E-state index in [1.807, 2.05) is 17.0 Å². The lowest BCUT2D eigenvalue weighted by atomic mass is 10.2. The van der Waals surface area contributed by atoms with Gasteiger partial charge >= 0.3 is 0 Å². The van der Waals surface area contributed by atoms with Gasteiger partial charge in [-0.1, -0.05) is 6.07 Å². The Balaban J connectivity index is 1.36. The quantitative estimate of drug-likeness (QED) is 0.901. The van der Waals surface area contributed by atoms with Crippen LogP contribution in [0.5, 0.6) is 0 Å². The van der Waals surface area contributed by atoms with Crippen molar-refractivity contribution < 1.29 is 4.79 Å². The van der Waals surface area contributed by atoms with E-state index in [1.165, 1.54) is 0 Å². The van der Waals surface area contributed by atoms with Gasteiger partial charge in [-0.15, -0.1) is 0 Å². The minimum Gasteiger partial charge on any atom is -0.383 e. The van der Waals surface area contributed by atoms with Crippen molar-refractivity contribution in [2.75, 3.05) is 31.9 Å². The fourth-order valence-electron chi connectivity index (χ4n) is 3.34. The Labute approximate surface area is 153 Å². The molecular weight excluding hydrogens is 328 g/mol. The normalized spacial score (nSPS) is 18.5. The molecule has 3 heterocycles. The zero-order valence-electron chi connectivity index (χ0n) is 14.8. The number of pyridine rings is 1. The Morgan fingerprint density at radius 3 is 2.65 bits per heavy atom. The number of carbonyl (C=O) groups excluding carboxylic acids is 1. The summed E-state index contributed by atoms with van der Waals surface area (Å²) in [5.41, 5.74) is 7.57. The number of rotatable bonds is 4. The summed E-state index contributed by atoms with van der Waals surface area (Å²) in [5.74, 6) is 1.98. The van der Waals surface area contributed by atoms with Crippen molar-refractivity contribution in [2.45, 2.75) is 31.7 Å². The average molecular weight is 352 g/mol. The maximum atomic E-state index is 12.8. The predicted molar refractivity (Wildman–Crippen MR) is 98.5 cm³/mol. The summed E-state index contributed by atoms with van der Waals surface area (Å²) in [5, 5.41) is 0. The lowest BCUT2D eigenvalue weighted by molar-refractivity contribution is 0.0760. The summed E-state index contributed by atoms with van der Waals surface area (Å²) in [6.07, 6.45) is 8.34. The molecule has 0 spiro atoms. The van der Waals surface area contributed by atoms with E-state index in [1.54, 1.807) is 18.6 Å². The molecule has 0 bridgehead atoms. The monoisotopic (exact) mass is 352 g/mol. The molecule has 2 N–H and O–H groups in total. The molecule has 2 fully saturated rings. The van der Waals surface area contributed by atoms with Gasteiger partial charge in [0.1, 0.15) is 11.6 Å². The Kier molecular flexibility index (Phi) is 4.79. The summed E-state index contributed by atoms with van der Waals surface area (Å²) in [6, 6.07) is 3.92. The van der Waals surface area contributed by atoms with Crippen LogP contribution < -0.4 is 5.73 Å². The highest BCUT2D eigenvalue weighted by Gasteiger charge is 2.27. The van der Waals surface area contributed by atoms with Crippen LogP contribution in [0.3, 0.4) is 0 Å². The molecule has 0 atom stereocenters. The van der Waals surface area contributed by atoms with Gasteiger partial charge in [-0.3, -0.25) is 9.69 Å². The molecule has 0 radical (unpaired) electrons. The molecule has 0 aromatic carbocycles. The first-order chi connectivity index (χ1) is 12.7. The second kappa shape index (κ2) is 7.37. The van der Waals surface area contributed by atoms with Gasteiger partial charge < -0.3 is 10.6 Å². The zero-order chi connectivity index (χ0) is 17.9. The number of nitrogens with zero attached hydrogens (tertiary/aromatic N) is 5. The number of nitrogen functional groups attached to an aromatic ring is 1. The number of carbonyl (C=O) groups is 1. The molecule has 2 aromatic heterocycles. The smallest absolute Gasteiger partial charge is 0.257 e. The summed E-state index contributed by atoms with van der Waals surface area (Å²) in [6.45, 7) is 3.98. The largest absolute Gasteiger partial charge is 0.383 e. The van der Waals surface area contributed by atoms with E-state index in [9.17, 15) is 4.79 Å². The molecule has 1 aliphatic carbocycles. The van der Waals surface area contributed by atoms with Crippen LogP contribution >= 0.6 is 0 Å². The minimum atomic E-state index is 0.0232. The van der Waals surface area contributed by atoms with E-state index in [2.05, 4.69) is 19.9 Å². The Morgan fingerprint density at radius 2 is 1.92 bits per heavy atom. The fourth-order valence-corrected chi connectivity index (χ4v) is 3.34. The van der Waals surface area contributed by atoms with Crippen molar-refractivity contribution in [3.63, 3.8) is 0 Å². The number of nitrogens with two attached hydrogens (primary N) is 1. The highest BCUT2D eigenvalue weighted by Crippen LogP contribution is 2.37. The molecule has 2 aliphatic rings. The fraction of sp³-hybridized carbons (Fsp3) is 0.474. The molecule has 1 saturated carbocycles. The molecule has 1 saturated heterocycles. The standard InChI is InChI=1S/C19H24N6O/c20-17-15(3-1-6-21-17)13-24-7-2-8-25(10-9-24)19(26)16-11-22-18(23-12-16)14-4-5-14/h1,3,6,11-12,14H,2,4-5,7-10,13H2,(H2,20,21). The molecule has 7 nitrogen and oxygen atoms in total. The lowest BCUT2D eigenvalue weighted by Gasteiger charge is -2.22. The minimum absolute atomic E-state index is 0.0232. The molecule has 2 aromatic rings. The average Bonchev–Trinajstić information content (AvgIpc) is 3.51. The predicted octanol–water partition coefficient (Wildman–Crippen LogP) is 1.68. The van der Waals surface area contributed by atoms with Gasteiger partial charge in [-0.25, -0.2) is 15.0 Å². The maximum absolute atomic E-state index is 12.8. The first-order valence-corrected chi connectivity index (χ1v) is 9.23. The molecule has 0 unspecified atom stereocenters. The summed E-state index contributed by atoms with van der Waals surface area (Å²) < 4.78 is 0. The van der Waals surface area contributed by atoms with Crippen molar-refractivity contribution >= 4 is 11.7 Å². The van der Waals surface area contributed by atoms with Gasteiger partial charge in [0, 0.05) is 62.8 Å². The number of aromatic nitrogens is 3. The summed E-state index contributed by atoms with van der Waals surface area (Å²) >= 11 is 0. The highest BCUT2D eigenvalue weighted by atomic mass is 16.2. The van der Waals surface area contributed by atoms with Crippen molar-refractivity contribution in [1.82, 2.24) is 24.8 Å². The van der Waals surface area contributed by atoms with E-state index in [0.29, 0.717) is 23.8 Å². The van der Waals surface area contributed by atoms with Crippen molar-refractivity contribution in [3.8, 4) is 0 Å². The number of hydrogen-bond donors (Lipinski definition) is 1. The van der Waals surface area contributed by atoms with Gasteiger partial charge in [0.05, 0.1) is 5.56 Å². The van der Waals surface area contributed by atoms with Crippen LogP contribution in [0.4, 0.5) is 5.82 Å². The number of hydrogen-bond acceptors (Lipinski definition) is 6. The van der Waals surface area contributed by atoms with Crippen LogP contribution in [0.15, 0.2) is 30.7 Å². The molecular formula is C19H24N6O. The van der Waals surface area contributed by atoms with E-state index >= 15 is 0 Å².